The number of phenols is 1. The maximum absolute atomic E-state index is 9.78. The molecule has 2 aromatic carbocycles. The molecule has 0 saturated carbocycles. The zero-order valence-corrected chi connectivity index (χ0v) is 12.2. The molecule has 2 rings (SSSR count). The molecule has 7 N–H and O–H groups in total. The Labute approximate surface area is 129 Å². The van der Waals surface area contributed by atoms with E-state index < -0.39 is 6.23 Å². The fourth-order valence-corrected chi connectivity index (χ4v) is 2.05. The predicted octanol–water partition coefficient (Wildman–Crippen LogP) is 1.70. The number of nitrogens with one attached hydrogen (secondary N) is 2. The zero-order valence-electron chi connectivity index (χ0n) is 12.2. The molecule has 0 heterocycles. The smallest absolute Gasteiger partial charge is 0.126 e. The summed E-state index contributed by atoms with van der Waals surface area (Å²) in [5.41, 5.74) is 8.65. The molecule has 0 aliphatic rings. The third kappa shape index (κ3) is 4.28. The van der Waals surface area contributed by atoms with Crippen LogP contribution in [-0.4, -0.2) is 28.2 Å². The van der Waals surface area contributed by atoms with Gasteiger partial charge in [-0.05, 0) is 36.4 Å². The number of aliphatic hydroxyl groups excluding tert-OH is 2. The van der Waals surface area contributed by atoms with Crippen LogP contribution >= 0.6 is 0 Å². The summed E-state index contributed by atoms with van der Waals surface area (Å²) in [7, 11) is 0. The van der Waals surface area contributed by atoms with E-state index in [1.807, 2.05) is 24.3 Å². The highest BCUT2D eigenvalue weighted by molar-refractivity contribution is 5.57. The van der Waals surface area contributed by atoms with Gasteiger partial charge in [-0.3, -0.25) is 0 Å². The number of benzene rings is 2. The Morgan fingerprint density at radius 3 is 2.36 bits per heavy atom. The lowest BCUT2D eigenvalue weighted by Crippen LogP contribution is -2.19. The number of hydrogen-bond donors (Lipinski definition) is 6. The summed E-state index contributed by atoms with van der Waals surface area (Å²) in [4.78, 5) is 0. The number of aromatic hydroxyl groups is 1. The third-order valence-electron chi connectivity index (χ3n) is 3.28. The summed E-state index contributed by atoms with van der Waals surface area (Å²) < 4.78 is 0. The predicted molar refractivity (Wildman–Crippen MR) is 87.6 cm³/mol. The normalized spacial score (nSPS) is 11.9. The molecule has 1 atom stereocenters. The highest BCUT2D eigenvalue weighted by Crippen LogP contribution is 2.24. The van der Waals surface area contributed by atoms with E-state index >= 15 is 0 Å². The van der Waals surface area contributed by atoms with Crippen LogP contribution in [0.15, 0.2) is 42.5 Å². The minimum atomic E-state index is -0.773. The van der Waals surface area contributed by atoms with Gasteiger partial charge in [-0.1, -0.05) is 6.07 Å². The average Bonchev–Trinajstić information content (AvgIpc) is 2.48. The van der Waals surface area contributed by atoms with Gasteiger partial charge in [0.2, 0.25) is 0 Å². The van der Waals surface area contributed by atoms with Crippen LogP contribution in [0, 0.1) is 0 Å². The number of phenolic OH excluding ortho intramolecular Hbond substituents is 1. The van der Waals surface area contributed by atoms with Crippen molar-refractivity contribution >= 4 is 17.1 Å². The summed E-state index contributed by atoms with van der Waals surface area (Å²) >= 11 is 0. The molecule has 0 bridgehead atoms. The maximum atomic E-state index is 9.78. The van der Waals surface area contributed by atoms with Gasteiger partial charge in [0.25, 0.3) is 0 Å². The third-order valence-corrected chi connectivity index (χ3v) is 3.28. The Kier molecular flexibility index (Phi) is 5.46. The van der Waals surface area contributed by atoms with Gasteiger partial charge in [-0.2, -0.15) is 0 Å². The zero-order chi connectivity index (χ0) is 15.9. The molecular formula is C16H21N3O3. The maximum Gasteiger partial charge on any atom is 0.126 e. The molecule has 0 aliphatic carbocycles. The highest BCUT2D eigenvalue weighted by Gasteiger charge is 2.05. The van der Waals surface area contributed by atoms with Crippen LogP contribution in [0.1, 0.15) is 12.0 Å². The topological polar surface area (TPSA) is 111 Å². The summed E-state index contributed by atoms with van der Waals surface area (Å²) in [6.45, 7) is 0.341. The molecular weight excluding hydrogens is 282 g/mol. The minimum absolute atomic E-state index is 0.0736. The van der Waals surface area contributed by atoms with Gasteiger partial charge in [0.1, 0.15) is 12.0 Å². The first kappa shape index (κ1) is 15.9. The van der Waals surface area contributed by atoms with Crippen molar-refractivity contribution < 1.29 is 15.3 Å². The Morgan fingerprint density at radius 1 is 1.05 bits per heavy atom. The first-order chi connectivity index (χ1) is 10.6. The number of nitrogens with two attached hydrogens (primary N) is 1. The quantitative estimate of drug-likeness (QED) is 0.343. The number of anilines is 3. The van der Waals surface area contributed by atoms with Gasteiger partial charge in [0.05, 0.1) is 0 Å². The molecule has 0 aliphatic heterocycles. The van der Waals surface area contributed by atoms with E-state index in [2.05, 4.69) is 10.6 Å². The molecule has 0 saturated heterocycles. The average molecular weight is 303 g/mol. The molecule has 2 aromatic rings. The lowest BCUT2D eigenvalue weighted by Gasteiger charge is -2.14. The largest absolute Gasteiger partial charge is 0.508 e. The van der Waals surface area contributed by atoms with Gasteiger partial charge >= 0.3 is 0 Å². The van der Waals surface area contributed by atoms with E-state index in [0.29, 0.717) is 17.8 Å². The van der Waals surface area contributed by atoms with E-state index in [1.165, 1.54) is 0 Å². The van der Waals surface area contributed by atoms with Crippen molar-refractivity contribution in [3.05, 3.63) is 48.0 Å². The molecule has 0 aromatic heterocycles. The van der Waals surface area contributed by atoms with Crippen LogP contribution in [0.4, 0.5) is 17.1 Å². The standard InChI is InChI=1S/C16H21N3O3/c17-14-2-1-3-15(21)13(14)10-18-11-4-6-12(7-5-11)19-16(22)8-9-20/h1-7,16,18-22H,8-10,17H2. The van der Waals surface area contributed by atoms with Gasteiger partial charge in [0.15, 0.2) is 0 Å². The Balaban J connectivity index is 1.94. The molecule has 0 fully saturated rings. The van der Waals surface area contributed by atoms with Gasteiger partial charge in [-0.15, -0.1) is 0 Å². The van der Waals surface area contributed by atoms with Crippen molar-refractivity contribution in [2.45, 2.75) is 19.2 Å². The molecule has 6 nitrogen and oxygen atoms in total. The fraction of sp³-hybridized carbons (Fsp3) is 0.250. The van der Waals surface area contributed by atoms with Crippen molar-refractivity contribution in [1.82, 2.24) is 0 Å². The molecule has 118 valence electrons. The van der Waals surface area contributed by atoms with Crippen LogP contribution < -0.4 is 16.4 Å². The highest BCUT2D eigenvalue weighted by atomic mass is 16.3. The monoisotopic (exact) mass is 303 g/mol. The lowest BCUT2D eigenvalue weighted by molar-refractivity contribution is 0.155. The van der Waals surface area contributed by atoms with Crippen molar-refractivity contribution in [3.8, 4) is 5.75 Å². The second-order valence-corrected chi connectivity index (χ2v) is 4.95. The molecule has 0 amide bonds. The Bertz CT molecular complexity index is 582. The van der Waals surface area contributed by atoms with E-state index in [-0.39, 0.29) is 18.8 Å². The minimum Gasteiger partial charge on any atom is -0.508 e. The van der Waals surface area contributed by atoms with Crippen LogP contribution in [0.3, 0.4) is 0 Å². The molecule has 1 unspecified atom stereocenters. The molecule has 0 spiro atoms. The summed E-state index contributed by atoms with van der Waals surface area (Å²) in [6.07, 6.45) is -0.503. The second-order valence-electron chi connectivity index (χ2n) is 4.95. The van der Waals surface area contributed by atoms with Crippen molar-refractivity contribution in [2.75, 3.05) is 23.0 Å². The van der Waals surface area contributed by atoms with Crippen LogP contribution in [0.2, 0.25) is 0 Å². The number of rotatable bonds is 7. The Morgan fingerprint density at radius 2 is 1.73 bits per heavy atom. The summed E-state index contributed by atoms with van der Waals surface area (Å²) in [5.74, 6) is 0.165. The number of hydrogen-bond acceptors (Lipinski definition) is 6. The van der Waals surface area contributed by atoms with Crippen molar-refractivity contribution in [1.29, 1.82) is 0 Å². The van der Waals surface area contributed by atoms with E-state index in [9.17, 15) is 10.2 Å². The number of nitrogen functional groups attached to an aromatic ring is 1. The molecule has 22 heavy (non-hydrogen) atoms. The van der Waals surface area contributed by atoms with Crippen LogP contribution in [0.25, 0.3) is 0 Å². The van der Waals surface area contributed by atoms with Crippen LogP contribution in [-0.2, 0) is 6.54 Å². The number of aliphatic hydroxyl groups is 2. The van der Waals surface area contributed by atoms with Crippen LogP contribution in [0.5, 0.6) is 5.75 Å². The van der Waals surface area contributed by atoms with Gasteiger partial charge in [0, 0.05) is 42.2 Å². The first-order valence-corrected chi connectivity index (χ1v) is 7.06. The molecule has 0 radical (unpaired) electrons. The summed E-state index contributed by atoms with van der Waals surface area (Å²) in [5, 5.41) is 34.1. The first-order valence-electron chi connectivity index (χ1n) is 7.06. The molecule has 6 heteroatoms. The van der Waals surface area contributed by atoms with E-state index in [0.717, 1.165) is 11.4 Å². The second kappa shape index (κ2) is 7.53. The van der Waals surface area contributed by atoms with E-state index in [1.54, 1.807) is 18.2 Å². The van der Waals surface area contributed by atoms with Crippen molar-refractivity contribution in [2.24, 2.45) is 0 Å². The Hall–Kier alpha value is -2.44. The van der Waals surface area contributed by atoms with Crippen molar-refractivity contribution in [3.63, 3.8) is 0 Å². The van der Waals surface area contributed by atoms with Gasteiger partial charge < -0.3 is 31.7 Å². The van der Waals surface area contributed by atoms with E-state index in [4.69, 9.17) is 10.8 Å². The lowest BCUT2D eigenvalue weighted by atomic mass is 10.1. The fourth-order valence-electron chi connectivity index (χ4n) is 2.05. The summed E-state index contributed by atoms with van der Waals surface area (Å²) in [6, 6.07) is 12.4. The SMILES string of the molecule is Nc1cccc(O)c1CNc1ccc(NC(O)CCO)cc1. The van der Waals surface area contributed by atoms with Gasteiger partial charge in [-0.25, -0.2) is 0 Å².